The van der Waals surface area contributed by atoms with Crippen molar-refractivity contribution in [3.63, 3.8) is 0 Å². The van der Waals surface area contributed by atoms with Crippen LogP contribution in [0.15, 0.2) is 0 Å². The van der Waals surface area contributed by atoms with Crippen LogP contribution in [-0.4, -0.2) is 104 Å². The maximum atomic E-state index is 11.2. The van der Waals surface area contributed by atoms with Gasteiger partial charge < -0.3 is 53.0 Å². The predicted octanol–water partition coefficient (Wildman–Crippen LogP) is 4.05. The van der Waals surface area contributed by atoms with Gasteiger partial charge in [-0.25, -0.2) is 0 Å². The molecule has 0 amide bonds. The minimum Gasteiger partial charge on any atom is -0.660 e. The summed E-state index contributed by atoms with van der Waals surface area (Å²) < 4.78 is -0.175. The smallest absolute Gasteiger partial charge is 0.0792 e. The van der Waals surface area contributed by atoms with Gasteiger partial charge in [-0.1, -0.05) is 27.7 Å². The SMILES string of the molecule is C.CC(C)N(C)CCC[N+](C)(C)[O-].CC(C)[N-]CCCN(C)C.O.OO.[CH2-]I.[V].[Y]. The van der Waals surface area contributed by atoms with E-state index in [1.54, 1.807) is 14.1 Å². The number of hydrogen-bond acceptors (Lipinski definition) is 5. The molecule has 0 atom stereocenters. The Balaban J connectivity index is -0.0000000415. The van der Waals surface area contributed by atoms with E-state index in [9.17, 15) is 5.21 Å². The van der Waals surface area contributed by atoms with Crippen LogP contribution in [0.3, 0.4) is 0 Å². The summed E-state index contributed by atoms with van der Waals surface area (Å²) in [6.07, 6.45) is 2.16. The van der Waals surface area contributed by atoms with E-state index in [0.29, 0.717) is 18.6 Å². The molecule has 0 heterocycles. The van der Waals surface area contributed by atoms with Gasteiger partial charge in [-0.05, 0) is 41.5 Å². The third-order valence-electron chi connectivity index (χ3n) is 3.35. The van der Waals surface area contributed by atoms with Crippen molar-refractivity contribution < 1.29 is 71.9 Å². The summed E-state index contributed by atoms with van der Waals surface area (Å²) in [5.74, 6) is 0. The molecular formula is C19H51IN4O4VY-2. The van der Waals surface area contributed by atoms with Crippen molar-refractivity contribution in [3.05, 3.63) is 15.5 Å². The molecule has 4 N–H and O–H groups in total. The summed E-state index contributed by atoms with van der Waals surface area (Å²) in [5.41, 5.74) is 0. The topological polar surface area (TPSA) is 116 Å². The average molecular weight is 666 g/mol. The zero-order valence-corrected chi connectivity index (χ0v) is 26.5. The zero-order chi connectivity index (χ0) is 21.8. The van der Waals surface area contributed by atoms with Gasteiger partial charge in [-0.2, -0.15) is 0 Å². The Bertz CT molecular complexity index is 257. The van der Waals surface area contributed by atoms with Gasteiger partial charge in [0.25, 0.3) is 0 Å². The van der Waals surface area contributed by atoms with E-state index in [2.05, 4.69) is 68.9 Å². The van der Waals surface area contributed by atoms with E-state index in [-0.39, 0.29) is 68.8 Å². The van der Waals surface area contributed by atoms with E-state index in [0.717, 1.165) is 26.1 Å². The van der Waals surface area contributed by atoms with Crippen molar-refractivity contribution in [1.82, 2.24) is 9.80 Å². The first-order valence-electron chi connectivity index (χ1n) is 8.98. The van der Waals surface area contributed by atoms with Crippen LogP contribution >= 0.6 is 22.6 Å². The maximum Gasteiger partial charge on any atom is 0.0792 e. The molecule has 8 nitrogen and oxygen atoms in total. The van der Waals surface area contributed by atoms with Gasteiger partial charge in [0.15, 0.2) is 0 Å². The van der Waals surface area contributed by atoms with Crippen molar-refractivity contribution in [1.29, 1.82) is 0 Å². The molecule has 0 aromatic heterocycles. The maximum absolute atomic E-state index is 11.2. The number of hydroxylamine groups is 3. The molecule has 0 saturated carbocycles. The van der Waals surface area contributed by atoms with Crippen LogP contribution in [0.1, 0.15) is 48.0 Å². The van der Waals surface area contributed by atoms with Crippen LogP contribution < -0.4 is 0 Å². The molecule has 188 valence electrons. The Morgan fingerprint density at radius 1 is 1.00 bits per heavy atom. The van der Waals surface area contributed by atoms with Crippen molar-refractivity contribution in [2.24, 2.45) is 0 Å². The molecule has 0 bridgehead atoms. The second-order valence-corrected chi connectivity index (χ2v) is 7.38. The fourth-order valence-electron chi connectivity index (χ4n) is 1.70. The van der Waals surface area contributed by atoms with Gasteiger partial charge in [0.2, 0.25) is 0 Å². The van der Waals surface area contributed by atoms with Gasteiger partial charge in [0.1, 0.15) is 0 Å². The summed E-state index contributed by atoms with van der Waals surface area (Å²) in [6, 6.07) is 1.08. The summed E-state index contributed by atoms with van der Waals surface area (Å²) in [7, 11) is 9.66. The van der Waals surface area contributed by atoms with Crippen molar-refractivity contribution in [2.75, 3.05) is 61.4 Å². The molecule has 0 saturated heterocycles. The van der Waals surface area contributed by atoms with Gasteiger partial charge >= 0.3 is 0 Å². The zero-order valence-electron chi connectivity index (χ0n) is 20.1. The second kappa shape index (κ2) is 38.4. The van der Waals surface area contributed by atoms with Crippen LogP contribution in [0.4, 0.5) is 0 Å². The molecule has 0 aliphatic rings. The Morgan fingerprint density at radius 3 is 1.67 bits per heavy atom. The minimum atomic E-state index is -0.175. The Kier molecular flexibility index (Phi) is 68.4. The second-order valence-electron chi connectivity index (χ2n) is 7.38. The fourth-order valence-corrected chi connectivity index (χ4v) is 1.70. The quantitative estimate of drug-likeness (QED) is 0.0913. The van der Waals surface area contributed by atoms with Gasteiger partial charge in [-0.15, -0.1) is 12.6 Å². The van der Waals surface area contributed by atoms with Crippen molar-refractivity contribution in [3.8, 4) is 0 Å². The molecule has 0 aromatic carbocycles. The summed E-state index contributed by atoms with van der Waals surface area (Å²) in [4.78, 5) is 7.67. The fraction of sp³-hybridized carbons (Fsp3) is 0.947. The van der Waals surface area contributed by atoms with E-state index >= 15 is 0 Å². The van der Waals surface area contributed by atoms with Crippen LogP contribution in [0.5, 0.6) is 0 Å². The van der Waals surface area contributed by atoms with Crippen molar-refractivity contribution in [2.45, 2.75) is 60.0 Å². The number of hydrogen-bond donors (Lipinski definition) is 2. The minimum absolute atomic E-state index is 0. The largest absolute Gasteiger partial charge is 0.660 e. The monoisotopic (exact) mass is 666 g/mol. The molecule has 0 unspecified atom stereocenters. The summed E-state index contributed by atoms with van der Waals surface area (Å²) in [6.45, 7) is 12.4. The number of nitrogens with zero attached hydrogens (tertiary/aromatic N) is 4. The van der Waals surface area contributed by atoms with Crippen LogP contribution in [0.25, 0.3) is 5.32 Å². The number of halogens is 1. The Hall–Kier alpha value is 2.10. The molecule has 0 spiro atoms. The van der Waals surface area contributed by atoms with Crippen LogP contribution in [0.2, 0.25) is 0 Å². The Morgan fingerprint density at radius 2 is 1.40 bits per heavy atom. The van der Waals surface area contributed by atoms with Crippen LogP contribution in [-0.2, 0) is 51.3 Å². The first-order valence-corrected chi connectivity index (χ1v) is 10.5. The number of quaternary nitrogens is 1. The molecule has 11 heteroatoms. The third kappa shape index (κ3) is 63.1. The van der Waals surface area contributed by atoms with Crippen LogP contribution in [0, 0.1) is 10.1 Å². The first kappa shape index (κ1) is 53.5. The summed E-state index contributed by atoms with van der Waals surface area (Å²) >= 11 is 1.90. The molecule has 0 aliphatic carbocycles. The van der Waals surface area contributed by atoms with Gasteiger partial charge in [0, 0.05) is 70.3 Å². The normalized spacial score (nSPS) is 9.40. The Labute approximate surface area is 239 Å². The van der Waals surface area contributed by atoms with E-state index in [1.165, 1.54) is 6.42 Å². The van der Waals surface area contributed by atoms with E-state index in [4.69, 9.17) is 10.5 Å². The molecular weight excluding hydrogens is 615 g/mol. The molecule has 0 fully saturated rings. The van der Waals surface area contributed by atoms with E-state index < -0.39 is 0 Å². The average Bonchev–Trinajstić information content (AvgIpc) is 2.54. The first-order chi connectivity index (χ1) is 12.0. The predicted molar refractivity (Wildman–Crippen MR) is 134 cm³/mol. The number of rotatable bonds is 10. The van der Waals surface area contributed by atoms with Gasteiger partial charge in [0.05, 0.1) is 20.6 Å². The molecule has 0 rings (SSSR count). The molecule has 0 aliphatic heterocycles. The molecule has 30 heavy (non-hydrogen) atoms. The third-order valence-corrected chi connectivity index (χ3v) is 3.35. The van der Waals surface area contributed by atoms with Crippen molar-refractivity contribution >= 4 is 22.6 Å². The molecule has 0 aromatic rings. The van der Waals surface area contributed by atoms with Gasteiger partial charge in [-0.3, -0.25) is 15.4 Å². The molecule has 2 radical (unpaired) electrons. The van der Waals surface area contributed by atoms with E-state index in [1.807, 2.05) is 22.6 Å². The summed E-state index contributed by atoms with van der Waals surface area (Å²) in [5, 5.41) is 27.5. The standard InChI is InChI=1S/C9H22N2O.C8H19N2.CH2I.CH4.H2O2.H2O.V.Y/c1-9(2)10(3)7-6-8-11(4,5)12;1-8(2)9-6-5-7-10(3)4;1-2;;1-2;;;/h9H,6-8H2,1-5H3;8H,5-7H2,1-4H3;1H2;1H4;1-2H;1H2;;/q;2*-1;;;;;.